The molecule has 1 aliphatic heterocycles. The van der Waals surface area contributed by atoms with Gasteiger partial charge in [-0.15, -0.1) is 12.4 Å². The second-order valence-electron chi connectivity index (χ2n) is 4.19. The highest BCUT2D eigenvalue weighted by Gasteiger charge is 2.40. The fourth-order valence-corrected chi connectivity index (χ4v) is 1.45. The quantitative estimate of drug-likeness (QED) is 0.733. The predicted molar refractivity (Wildman–Crippen MR) is 55.9 cm³/mol. The topological polar surface area (TPSA) is 46.3 Å². The van der Waals surface area contributed by atoms with Crippen LogP contribution in [0.15, 0.2) is 0 Å². The van der Waals surface area contributed by atoms with E-state index in [1.54, 1.807) is 0 Å². The summed E-state index contributed by atoms with van der Waals surface area (Å²) in [4.78, 5) is 13.5. The molecule has 0 radical (unpaired) electrons. The lowest BCUT2D eigenvalue weighted by Gasteiger charge is -2.49. The molecule has 3 nitrogen and oxygen atoms in total. The summed E-state index contributed by atoms with van der Waals surface area (Å²) >= 11 is 0. The summed E-state index contributed by atoms with van der Waals surface area (Å²) < 4.78 is 0. The van der Waals surface area contributed by atoms with Gasteiger partial charge < -0.3 is 10.6 Å². The number of likely N-dealkylation sites (tertiary alicyclic amines) is 1. The molecule has 1 amide bonds. The third kappa shape index (κ3) is 2.35. The predicted octanol–water partition coefficient (Wildman–Crippen LogP) is 1.01. The van der Waals surface area contributed by atoms with E-state index in [9.17, 15) is 4.79 Å². The van der Waals surface area contributed by atoms with E-state index in [1.807, 2.05) is 11.8 Å². The molecular formula is C9H19ClN2O. The molecule has 78 valence electrons. The van der Waals surface area contributed by atoms with Crippen molar-refractivity contribution in [3.05, 3.63) is 0 Å². The van der Waals surface area contributed by atoms with E-state index in [0.29, 0.717) is 6.54 Å². The summed E-state index contributed by atoms with van der Waals surface area (Å²) in [6, 6.07) is 0. The third-order valence-electron chi connectivity index (χ3n) is 2.72. The van der Waals surface area contributed by atoms with Crippen molar-refractivity contribution < 1.29 is 4.79 Å². The lowest BCUT2D eigenvalue weighted by molar-refractivity contribution is -0.148. The summed E-state index contributed by atoms with van der Waals surface area (Å²) in [7, 11) is 0. The zero-order chi connectivity index (χ0) is 9.35. The van der Waals surface area contributed by atoms with E-state index >= 15 is 0 Å². The maximum atomic E-state index is 11.6. The SMILES string of the molecule is CC(CN)C(=O)N1CCC1(C)C.Cl. The Balaban J connectivity index is 0.00000144. The van der Waals surface area contributed by atoms with Crippen molar-refractivity contribution >= 4 is 18.3 Å². The highest BCUT2D eigenvalue weighted by molar-refractivity contribution is 5.85. The minimum atomic E-state index is -0.0235. The number of hydrogen-bond donors (Lipinski definition) is 1. The highest BCUT2D eigenvalue weighted by atomic mass is 35.5. The molecule has 0 aromatic rings. The van der Waals surface area contributed by atoms with Gasteiger partial charge in [-0.1, -0.05) is 6.92 Å². The Kier molecular flexibility index (Phi) is 4.20. The van der Waals surface area contributed by atoms with Crippen LogP contribution in [0, 0.1) is 5.92 Å². The van der Waals surface area contributed by atoms with E-state index in [2.05, 4.69) is 13.8 Å². The molecule has 0 saturated carbocycles. The van der Waals surface area contributed by atoms with E-state index in [-0.39, 0.29) is 29.8 Å². The van der Waals surface area contributed by atoms with Gasteiger partial charge in [-0.05, 0) is 20.3 Å². The molecule has 1 heterocycles. The normalized spacial score (nSPS) is 21.4. The van der Waals surface area contributed by atoms with Gasteiger partial charge in [-0.2, -0.15) is 0 Å². The molecule has 1 atom stereocenters. The van der Waals surface area contributed by atoms with Crippen molar-refractivity contribution in [2.75, 3.05) is 13.1 Å². The van der Waals surface area contributed by atoms with Crippen molar-refractivity contribution in [1.29, 1.82) is 0 Å². The molecule has 1 unspecified atom stereocenters. The van der Waals surface area contributed by atoms with Gasteiger partial charge in [0.25, 0.3) is 0 Å². The van der Waals surface area contributed by atoms with Crippen molar-refractivity contribution in [2.24, 2.45) is 11.7 Å². The third-order valence-corrected chi connectivity index (χ3v) is 2.72. The molecule has 0 aromatic heterocycles. The number of carbonyl (C=O) groups excluding carboxylic acids is 1. The number of nitrogens with two attached hydrogens (primary N) is 1. The monoisotopic (exact) mass is 206 g/mol. The standard InChI is InChI=1S/C9H18N2O.ClH/c1-7(6-10)8(12)11-5-4-9(11,2)3;/h7H,4-6,10H2,1-3H3;1H. The fourth-order valence-electron chi connectivity index (χ4n) is 1.45. The Hall–Kier alpha value is -0.280. The average molecular weight is 207 g/mol. The number of amides is 1. The van der Waals surface area contributed by atoms with E-state index in [0.717, 1.165) is 13.0 Å². The summed E-state index contributed by atoms with van der Waals surface area (Å²) in [5.74, 6) is 0.179. The first-order chi connectivity index (χ1) is 5.49. The molecule has 1 rings (SSSR count). The van der Waals surface area contributed by atoms with Gasteiger partial charge in [-0.25, -0.2) is 0 Å². The van der Waals surface area contributed by atoms with Crippen LogP contribution >= 0.6 is 12.4 Å². The molecule has 4 heteroatoms. The first kappa shape index (κ1) is 12.7. The number of nitrogens with zero attached hydrogens (tertiary/aromatic N) is 1. The van der Waals surface area contributed by atoms with Gasteiger partial charge in [0.1, 0.15) is 0 Å². The Morgan fingerprint density at radius 3 is 2.38 bits per heavy atom. The van der Waals surface area contributed by atoms with Crippen LogP contribution in [0.25, 0.3) is 0 Å². The molecule has 1 aliphatic rings. The fraction of sp³-hybridized carbons (Fsp3) is 0.889. The molecule has 0 bridgehead atoms. The van der Waals surface area contributed by atoms with Crippen LogP contribution in [0.1, 0.15) is 27.2 Å². The number of carbonyl (C=O) groups is 1. The smallest absolute Gasteiger partial charge is 0.227 e. The molecule has 0 aliphatic carbocycles. The Morgan fingerprint density at radius 1 is 1.62 bits per heavy atom. The first-order valence-electron chi connectivity index (χ1n) is 4.50. The Bertz CT molecular complexity index is 194. The molecule has 2 N–H and O–H groups in total. The summed E-state index contributed by atoms with van der Waals surface area (Å²) in [6.07, 6.45) is 1.11. The minimum absolute atomic E-state index is 0. The zero-order valence-corrected chi connectivity index (χ0v) is 9.36. The maximum absolute atomic E-state index is 11.6. The highest BCUT2D eigenvalue weighted by Crippen LogP contribution is 2.30. The average Bonchev–Trinajstić information content (AvgIpc) is 2.01. The second kappa shape index (κ2) is 4.29. The van der Waals surface area contributed by atoms with Gasteiger partial charge in [0.05, 0.1) is 0 Å². The van der Waals surface area contributed by atoms with Gasteiger partial charge in [0, 0.05) is 24.5 Å². The summed E-state index contributed by atoms with van der Waals surface area (Å²) in [6.45, 7) is 7.42. The largest absolute Gasteiger partial charge is 0.337 e. The lowest BCUT2D eigenvalue weighted by atomic mass is 9.87. The van der Waals surface area contributed by atoms with Crippen molar-refractivity contribution in [2.45, 2.75) is 32.7 Å². The van der Waals surface area contributed by atoms with E-state index in [4.69, 9.17) is 5.73 Å². The van der Waals surface area contributed by atoms with E-state index in [1.165, 1.54) is 0 Å². The van der Waals surface area contributed by atoms with E-state index < -0.39 is 0 Å². The Morgan fingerprint density at radius 2 is 2.15 bits per heavy atom. The van der Waals surface area contributed by atoms with Crippen LogP contribution in [0.4, 0.5) is 0 Å². The van der Waals surface area contributed by atoms with Crippen LogP contribution < -0.4 is 5.73 Å². The number of hydrogen-bond acceptors (Lipinski definition) is 2. The van der Waals surface area contributed by atoms with Gasteiger partial charge in [-0.3, -0.25) is 4.79 Å². The molecule has 1 saturated heterocycles. The number of rotatable bonds is 2. The molecular weight excluding hydrogens is 188 g/mol. The van der Waals surface area contributed by atoms with Gasteiger partial charge >= 0.3 is 0 Å². The molecule has 0 spiro atoms. The molecule has 0 aromatic carbocycles. The molecule has 13 heavy (non-hydrogen) atoms. The zero-order valence-electron chi connectivity index (χ0n) is 8.54. The van der Waals surface area contributed by atoms with Crippen molar-refractivity contribution in [3.8, 4) is 0 Å². The summed E-state index contributed by atoms with van der Waals surface area (Å²) in [5.41, 5.74) is 5.50. The van der Waals surface area contributed by atoms with Crippen LogP contribution in [0.3, 0.4) is 0 Å². The van der Waals surface area contributed by atoms with Crippen LogP contribution in [-0.4, -0.2) is 29.4 Å². The second-order valence-corrected chi connectivity index (χ2v) is 4.19. The first-order valence-corrected chi connectivity index (χ1v) is 4.50. The maximum Gasteiger partial charge on any atom is 0.227 e. The number of halogens is 1. The van der Waals surface area contributed by atoms with Crippen molar-refractivity contribution in [3.63, 3.8) is 0 Å². The minimum Gasteiger partial charge on any atom is -0.337 e. The van der Waals surface area contributed by atoms with Crippen LogP contribution in [-0.2, 0) is 4.79 Å². The van der Waals surface area contributed by atoms with Gasteiger partial charge in [0.15, 0.2) is 0 Å². The Labute approximate surface area is 86.1 Å². The van der Waals surface area contributed by atoms with Crippen LogP contribution in [0.2, 0.25) is 0 Å². The lowest BCUT2D eigenvalue weighted by Crippen LogP contribution is -2.60. The summed E-state index contributed by atoms with van der Waals surface area (Å²) in [5, 5.41) is 0. The van der Waals surface area contributed by atoms with Crippen LogP contribution in [0.5, 0.6) is 0 Å². The van der Waals surface area contributed by atoms with Crippen molar-refractivity contribution in [1.82, 2.24) is 4.90 Å². The molecule has 1 fully saturated rings. The van der Waals surface area contributed by atoms with Gasteiger partial charge in [0.2, 0.25) is 5.91 Å².